The molecule has 0 aromatic heterocycles. The Kier molecular flexibility index (Phi) is 4.34. The first kappa shape index (κ1) is 16.3. The van der Waals surface area contributed by atoms with Gasteiger partial charge in [0.05, 0.1) is 5.25 Å². The lowest BCUT2D eigenvalue weighted by atomic mass is 9.96. The predicted molar refractivity (Wildman–Crippen MR) is 94.3 cm³/mol. The van der Waals surface area contributed by atoms with E-state index in [0.717, 1.165) is 36.1 Å². The van der Waals surface area contributed by atoms with Gasteiger partial charge in [0.1, 0.15) is 0 Å². The zero-order chi connectivity index (χ0) is 16.6. The maximum Gasteiger partial charge on any atom is 0.234 e. The third-order valence-electron chi connectivity index (χ3n) is 4.51. The molecule has 3 rings (SSSR count). The second-order valence-corrected chi connectivity index (χ2v) is 8.93. The normalized spacial score (nSPS) is 24.2. The molecular formula is C18H24N2O2S. The fourth-order valence-electron chi connectivity index (χ4n) is 2.80. The first-order valence-corrected chi connectivity index (χ1v) is 9.70. The molecule has 0 aliphatic heterocycles. The number of hydrogen-bond acceptors (Lipinski definition) is 3. The minimum absolute atomic E-state index is 0.312. The maximum absolute atomic E-state index is 12.0. The molecule has 4 nitrogen and oxygen atoms in total. The Morgan fingerprint density at radius 3 is 2.43 bits per heavy atom. The monoisotopic (exact) mass is 332 g/mol. The molecule has 0 saturated heterocycles. The van der Waals surface area contributed by atoms with Crippen LogP contribution in [0.3, 0.4) is 0 Å². The van der Waals surface area contributed by atoms with Crippen LogP contribution in [0.5, 0.6) is 0 Å². The number of nitrogens with one attached hydrogen (secondary N) is 1. The minimum Gasteiger partial charge on any atom is -0.327 e. The summed E-state index contributed by atoms with van der Waals surface area (Å²) >= 11 is 0. The van der Waals surface area contributed by atoms with Crippen molar-refractivity contribution in [1.29, 1.82) is 0 Å². The standard InChI is InChI=1S/C18H24N2O2S/c1-12(2)23(21,22)20-16-5-3-4-15(10-16)13-6-8-14(9-7-13)17-11-18(17)19/h4,6-10,12,17-18,20H,3,5,11,19H2,1-2H3/t17-,18+/m1/s1. The van der Waals surface area contributed by atoms with Crippen molar-refractivity contribution in [2.24, 2.45) is 5.73 Å². The van der Waals surface area contributed by atoms with E-state index in [1.54, 1.807) is 13.8 Å². The third-order valence-corrected chi connectivity index (χ3v) is 6.30. The van der Waals surface area contributed by atoms with E-state index >= 15 is 0 Å². The van der Waals surface area contributed by atoms with Crippen LogP contribution in [0.2, 0.25) is 0 Å². The van der Waals surface area contributed by atoms with Gasteiger partial charge in [0.15, 0.2) is 0 Å². The fourth-order valence-corrected chi connectivity index (χ4v) is 3.57. The van der Waals surface area contributed by atoms with E-state index in [1.807, 2.05) is 6.08 Å². The summed E-state index contributed by atoms with van der Waals surface area (Å²) in [5, 5.41) is -0.431. The molecule has 2 aliphatic carbocycles. The molecule has 0 heterocycles. The molecule has 2 atom stereocenters. The number of sulfonamides is 1. The molecule has 124 valence electrons. The topological polar surface area (TPSA) is 72.2 Å². The van der Waals surface area contributed by atoms with Gasteiger partial charge in [-0.3, -0.25) is 4.72 Å². The lowest BCUT2D eigenvalue weighted by Crippen LogP contribution is -2.30. The highest BCUT2D eigenvalue weighted by Crippen LogP contribution is 2.39. The molecular weight excluding hydrogens is 308 g/mol. The van der Waals surface area contributed by atoms with Crippen molar-refractivity contribution in [3.05, 3.63) is 53.2 Å². The van der Waals surface area contributed by atoms with Crippen LogP contribution in [0, 0.1) is 0 Å². The van der Waals surface area contributed by atoms with E-state index in [1.165, 1.54) is 5.56 Å². The van der Waals surface area contributed by atoms with Gasteiger partial charge in [-0.05, 0) is 55.9 Å². The highest BCUT2D eigenvalue weighted by atomic mass is 32.2. The molecule has 2 aliphatic rings. The average Bonchev–Trinajstić information content (AvgIpc) is 3.24. The van der Waals surface area contributed by atoms with Crippen LogP contribution in [-0.4, -0.2) is 19.7 Å². The molecule has 3 N–H and O–H groups in total. The third kappa shape index (κ3) is 3.67. The number of rotatable bonds is 5. The lowest BCUT2D eigenvalue weighted by molar-refractivity contribution is 0.578. The molecule has 1 saturated carbocycles. The Balaban J connectivity index is 1.76. The molecule has 1 aromatic carbocycles. The van der Waals surface area contributed by atoms with Crippen molar-refractivity contribution in [2.75, 3.05) is 0 Å². The molecule has 0 spiro atoms. The molecule has 0 unspecified atom stereocenters. The van der Waals surface area contributed by atoms with Crippen LogP contribution in [0.4, 0.5) is 0 Å². The Labute approximate surface area is 138 Å². The van der Waals surface area contributed by atoms with Crippen LogP contribution in [0.15, 0.2) is 42.1 Å². The van der Waals surface area contributed by atoms with Crippen LogP contribution in [-0.2, 0) is 10.0 Å². The smallest absolute Gasteiger partial charge is 0.234 e. The first-order valence-electron chi connectivity index (χ1n) is 8.15. The predicted octanol–water partition coefficient (Wildman–Crippen LogP) is 2.89. The summed E-state index contributed by atoms with van der Waals surface area (Å²) in [6, 6.07) is 8.78. The van der Waals surface area contributed by atoms with E-state index in [-0.39, 0.29) is 0 Å². The number of allylic oxidation sites excluding steroid dienone is 4. The number of benzene rings is 1. The second-order valence-electron chi connectivity index (χ2n) is 6.69. The van der Waals surface area contributed by atoms with Crippen molar-refractivity contribution < 1.29 is 8.42 Å². The Morgan fingerprint density at radius 1 is 1.22 bits per heavy atom. The van der Waals surface area contributed by atoms with Crippen LogP contribution < -0.4 is 10.5 Å². The Hall–Kier alpha value is -1.59. The van der Waals surface area contributed by atoms with E-state index in [2.05, 4.69) is 35.1 Å². The molecule has 5 heteroatoms. The van der Waals surface area contributed by atoms with Crippen molar-refractivity contribution >= 4 is 15.6 Å². The van der Waals surface area contributed by atoms with Crippen LogP contribution in [0.25, 0.3) is 5.57 Å². The van der Waals surface area contributed by atoms with E-state index in [0.29, 0.717) is 12.0 Å². The van der Waals surface area contributed by atoms with Gasteiger partial charge in [-0.2, -0.15) is 0 Å². The van der Waals surface area contributed by atoms with Gasteiger partial charge >= 0.3 is 0 Å². The maximum atomic E-state index is 12.0. The van der Waals surface area contributed by atoms with Crippen molar-refractivity contribution in [2.45, 2.75) is 50.3 Å². The largest absolute Gasteiger partial charge is 0.327 e. The summed E-state index contributed by atoms with van der Waals surface area (Å²) in [4.78, 5) is 0. The van der Waals surface area contributed by atoms with Gasteiger partial charge in [0.2, 0.25) is 10.0 Å². The number of nitrogens with two attached hydrogens (primary N) is 1. The van der Waals surface area contributed by atoms with E-state index in [9.17, 15) is 8.42 Å². The summed E-state index contributed by atoms with van der Waals surface area (Å²) < 4.78 is 26.7. The van der Waals surface area contributed by atoms with Crippen molar-refractivity contribution in [1.82, 2.24) is 4.72 Å². The van der Waals surface area contributed by atoms with E-state index in [4.69, 9.17) is 5.73 Å². The van der Waals surface area contributed by atoms with Crippen molar-refractivity contribution in [3.63, 3.8) is 0 Å². The van der Waals surface area contributed by atoms with Gasteiger partial charge in [-0.1, -0.05) is 30.3 Å². The Morgan fingerprint density at radius 2 is 1.87 bits per heavy atom. The number of hydrogen-bond donors (Lipinski definition) is 2. The summed E-state index contributed by atoms with van der Waals surface area (Å²) in [7, 11) is -3.28. The zero-order valence-corrected chi connectivity index (χ0v) is 14.4. The average molecular weight is 332 g/mol. The fraction of sp³-hybridized carbons (Fsp3) is 0.444. The summed E-state index contributed by atoms with van der Waals surface area (Å²) in [6.45, 7) is 3.37. The van der Waals surface area contributed by atoms with E-state index < -0.39 is 15.3 Å². The highest BCUT2D eigenvalue weighted by molar-refractivity contribution is 7.90. The van der Waals surface area contributed by atoms with Gasteiger partial charge in [0, 0.05) is 17.7 Å². The van der Waals surface area contributed by atoms with Crippen molar-refractivity contribution in [3.8, 4) is 0 Å². The molecule has 0 amide bonds. The molecule has 0 radical (unpaired) electrons. The summed E-state index contributed by atoms with van der Waals surface area (Å²) in [5.41, 5.74) is 10.1. The molecule has 23 heavy (non-hydrogen) atoms. The Bertz CT molecular complexity index is 746. The van der Waals surface area contributed by atoms with Gasteiger partial charge < -0.3 is 5.73 Å². The SMILES string of the molecule is CC(C)S(=O)(=O)NC1=CC(c2ccc([C@H]3C[C@@H]3N)cc2)=CCC1. The lowest BCUT2D eigenvalue weighted by Gasteiger charge is -2.18. The quantitative estimate of drug-likeness (QED) is 0.871. The minimum atomic E-state index is -3.28. The van der Waals surface area contributed by atoms with Gasteiger partial charge in [-0.15, -0.1) is 0 Å². The van der Waals surface area contributed by atoms with Gasteiger partial charge in [0.25, 0.3) is 0 Å². The molecule has 1 aromatic rings. The summed E-state index contributed by atoms with van der Waals surface area (Å²) in [6.07, 6.45) is 6.75. The van der Waals surface area contributed by atoms with Gasteiger partial charge in [-0.25, -0.2) is 8.42 Å². The van der Waals surface area contributed by atoms with Crippen LogP contribution >= 0.6 is 0 Å². The first-order chi connectivity index (χ1) is 10.9. The zero-order valence-electron chi connectivity index (χ0n) is 13.6. The molecule has 1 fully saturated rings. The second kappa shape index (κ2) is 6.13. The summed E-state index contributed by atoms with van der Waals surface area (Å²) in [5.74, 6) is 0.508. The van der Waals surface area contributed by atoms with Crippen LogP contribution in [0.1, 0.15) is 50.2 Å². The molecule has 0 bridgehead atoms. The highest BCUT2D eigenvalue weighted by Gasteiger charge is 2.34.